The minimum Gasteiger partial charge on any atom is -0.319 e. The van der Waals surface area contributed by atoms with Gasteiger partial charge in [0.1, 0.15) is 5.82 Å². The van der Waals surface area contributed by atoms with Crippen LogP contribution in [0, 0.1) is 6.92 Å². The molecule has 94 valence electrons. The molecule has 0 atom stereocenters. The van der Waals surface area contributed by atoms with Crippen LogP contribution in [0.15, 0.2) is 35.1 Å². The Balaban J connectivity index is 2.40. The highest BCUT2D eigenvalue weighted by molar-refractivity contribution is 5.54. The molecule has 0 aliphatic heterocycles. The third kappa shape index (κ3) is 2.65. The van der Waals surface area contributed by atoms with Gasteiger partial charge in [-0.3, -0.25) is 4.79 Å². The van der Waals surface area contributed by atoms with Crippen molar-refractivity contribution < 1.29 is 0 Å². The lowest BCUT2D eigenvalue weighted by Gasteiger charge is -2.07. The average molecular weight is 243 g/mol. The molecule has 2 rings (SSSR count). The van der Waals surface area contributed by atoms with Crippen LogP contribution in [-0.2, 0) is 6.42 Å². The number of aromatic amines is 1. The summed E-state index contributed by atoms with van der Waals surface area (Å²) in [6.07, 6.45) is 0.694. The predicted molar refractivity (Wildman–Crippen MR) is 72.7 cm³/mol. The molecule has 1 heterocycles. The van der Waals surface area contributed by atoms with E-state index in [-0.39, 0.29) is 5.56 Å². The zero-order chi connectivity index (χ0) is 13.0. The van der Waals surface area contributed by atoms with Crippen molar-refractivity contribution in [2.24, 2.45) is 0 Å². The fourth-order valence-corrected chi connectivity index (χ4v) is 1.89. The van der Waals surface area contributed by atoms with Gasteiger partial charge in [0.05, 0.1) is 0 Å². The molecule has 0 amide bonds. The highest BCUT2D eigenvalue weighted by Gasteiger charge is 2.08. The Morgan fingerprint density at radius 3 is 2.61 bits per heavy atom. The number of nitrogens with one attached hydrogen (secondary N) is 2. The smallest absolute Gasteiger partial charge is 0.254 e. The first-order valence-corrected chi connectivity index (χ1v) is 6.02. The molecular weight excluding hydrogens is 226 g/mol. The molecule has 0 bridgehead atoms. The number of benzene rings is 1. The predicted octanol–water partition coefficient (Wildman–Crippen LogP) is 1.51. The highest BCUT2D eigenvalue weighted by atomic mass is 16.1. The number of hydrogen-bond acceptors (Lipinski definition) is 3. The van der Waals surface area contributed by atoms with Gasteiger partial charge in [-0.2, -0.15) is 0 Å². The van der Waals surface area contributed by atoms with Crippen molar-refractivity contribution in [3.63, 3.8) is 0 Å². The fourth-order valence-electron chi connectivity index (χ4n) is 1.89. The summed E-state index contributed by atoms with van der Waals surface area (Å²) < 4.78 is 0. The normalized spacial score (nSPS) is 10.6. The van der Waals surface area contributed by atoms with Gasteiger partial charge in [-0.1, -0.05) is 30.3 Å². The molecule has 0 radical (unpaired) electrons. The molecule has 2 N–H and O–H groups in total. The Bertz CT molecular complexity index is 575. The minimum atomic E-state index is -0.0448. The van der Waals surface area contributed by atoms with Crippen molar-refractivity contribution in [3.8, 4) is 11.4 Å². The van der Waals surface area contributed by atoms with Crippen molar-refractivity contribution in [2.75, 3.05) is 13.6 Å². The van der Waals surface area contributed by atoms with Gasteiger partial charge < -0.3 is 10.3 Å². The van der Waals surface area contributed by atoms with Crippen molar-refractivity contribution in [2.45, 2.75) is 13.3 Å². The number of aryl methyl sites for hydroxylation is 1. The lowest BCUT2D eigenvalue weighted by atomic mass is 10.1. The SMILES string of the molecule is CNCCc1c(C)nc(-c2ccccc2)[nH]c1=O. The van der Waals surface area contributed by atoms with Crippen LogP contribution in [0.2, 0.25) is 0 Å². The third-order valence-electron chi connectivity index (χ3n) is 2.89. The molecule has 2 aromatic rings. The summed E-state index contributed by atoms with van der Waals surface area (Å²) in [5.74, 6) is 0.631. The number of hydrogen-bond donors (Lipinski definition) is 2. The van der Waals surface area contributed by atoms with Crippen molar-refractivity contribution >= 4 is 0 Å². The molecule has 4 nitrogen and oxygen atoms in total. The second kappa shape index (κ2) is 5.60. The number of nitrogens with zero attached hydrogens (tertiary/aromatic N) is 1. The quantitative estimate of drug-likeness (QED) is 0.855. The lowest BCUT2D eigenvalue weighted by Crippen LogP contribution is -2.21. The summed E-state index contributed by atoms with van der Waals surface area (Å²) in [5.41, 5.74) is 2.44. The van der Waals surface area contributed by atoms with Crippen LogP contribution in [0.3, 0.4) is 0 Å². The second-order valence-electron chi connectivity index (χ2n) is 4.20. The molecule has 0 fully saturated rings. The van der Waals surface area contributed by atoms with Gasteiger partial charge >= 0.3 is 0 Å². The molecular formula is C14H17N3O. The maximum absolute atomic E-state index is 12.0. The summed E-state index contributed by atoms with van der Waals surface area (Å²) in [6.45, 7) is 2.66. The maximum Gasteiger partial charge on any atom is 0.254 e. The molecule has 0 saturated heterocycles. The summed E-state index contributed by atoms with van der Waals surface area (Å²) in [7, 11) is 1.87. The van der Waals surface area contributed by atoms with Crippen molar-refractivity contribution in [1.82, 2.24) is 15.3 Å². The zero-order valence-corrected chi connectivity index (χ0v) is 10.7. The van der Waals surface area contributed by atoms with Crippen LogP contribution in [0.4, 0.5) is 0 Å². The Kier molecular flexibility index (Phi) is 3.89. The van der Waals surface area contributed by atoms with E-state index in [1.165, 1.54) is 0 Å². The van der Waals surface area contributed by atoms with E-state index in [1.807, 2.05) is 44.3 Å². The highest BCUT2D eigenvalue weighted by Crippen LogP contribution is 2.13. The van der Waals surface area contributed by atoms with E-state index in [1.54, 1.807) is 0 Å². The molecule has 1 aromatic carbocycles. The molecule has 0 aliphatic carbocycles. The van der Waals surface area contributed by atoms with E-state index < -0.39 is 0 Å². The van der Waals surface area contributed by atoms with Gasteiger partial charge in [0, 0.05) is 16.8 Å². The molecule has 0 aliphatic rings. The van der Waals surface area contributed by atoms with Crippen LogP contribution in [-0.4, -0.2) is 23.6 Å². The van der Waals surface area contributed by atoms with Gasteiger partial charge in [0.15, 0.2) is 0 Å². The van der Waals surface area contributed by atoms with E-state index in [4.69, 9.17) is 0 Å². The van der Waals surface area contributed by atoms with Gasteiger partial charge in [0.25, 0.3) is 5.56 Å². The summed E-state index contributed by atoms with van der Waals surface area (Å²) in [5, 5.41) is 3.04. The van der Waals surface area contributed by atoms with Gasteiger partial charge in [0.2, 0.25) is 0 Å². The van der Waals surface area contributed by atoms with E-state index in [2.05, 4.69) is 15.3 Å². The molecule has 0 spiro atoms. The summed E-state index contributed by atoms with van der Waals surface area (Å²) in [4.78, 5) is 19.3. The van der Waals surface area contributed by atoms with Crippen molar-refractivity contribution in [1.29, 1.82) is 0 Å². The number of aromatic nitrogens is 2. The maximum atomic E-state index is 12.0. The summed E-state index contributed by atoms with van der Waals surface area (Å²) >= 11 is 0. The minimum absolute atomic E-state index is 0.0448. The standard InChI is InChI=1S/C14H17N3O/c1-10-12(8-9-15-2)14(18)17-13(16-10)11-6-4-3-5-7-11/h3-7,15H,8-9H2,1-2H3,(H,16,17,18). The lowest BCUT2D eigenvalue weighted by molar-refractivity contribution is 0.774. The first-order valence-electron chi connectivity index (χ1n) is 6.02. The van der Waals surface area contributed by atoms with Crippen LogP contribution < -0.4 is 10.9 Å². The van der Waals surface area contributed by atoms with Crippen molar-refractivity contribution in [3.05, 3.63) is 51.9 Å². The molecule has 18 heavy (non-hydrogen) atoms. The number of likely N-dealkylation sites (N-methyl/N-ethyl adjacent to an activating group) is 1. The van der Waals surface area contributed by atoms with Crippen LogP contribution in [0.1, 0.15) is 11.3 Å². The third-order valence-corrected chi connectivity index (χ3v) is 2.89. The van der Waals surface area contributed by atoms with Gasteiger partial charge in [-0.25, -0.2) is 4.98 Å². The van der Waals surface area contributed by atoms with E-state index in [9.17, 15) is 4.79 Å². The molecule has 0 unspecified atom stereocenters. The fraction of sp³-hybridized carbons (Fsp3) is 0.286. The van der Waals surface area contributed by atoms with Crippen LogP contribution in [0.5, 0.6) is 0 Å². The number of H-pyrrole nitrogens is 1. The Morgan fingerprint density at radius 1 is 1.28 bits per heavy atom. The van der Waals surface area contributed by atoms with E-state index >= 15 is 0 Å². The number of rotatable bonds is 4. The molecule has 0 saturated carbocycles. The molecule has 1 aromatic heterocycles. The van der Waals surface area contributed by atoms with Crippen LogP contribution >= 0.6 is 0 Å². The van der Waals surface area contributed by atoms with E-state index in [0.717, 1.165) is 23.4 Å². The van der Waals surface area contributed by atoms with Crippen LogP contribution in [0.25, 0.3) is 11.4 Å². The van der Waals surface area contributed by atoms with Gasteiger partial charge in [-0.15, -0.1) is 0 Å². The zero-order valence-electron chi connectivity index (χ0n) is 10.7. The Labute approximate surface area is 106 Å². The molecule has 4 heteroatoms. The second-order valence-corrected chi connectivity index (χ2v) is 4.20. The Hall–Kier alpha value is -1.94. The largest absolute Gasteiger partial charge is 0.319 e. The first kappa shape index (κ1) is 12.5. The Morgan fingerprint density at radius 2 is 2.00 bits per heavy atom. The first-order chi connectivity index (χ1) is 8.72. The topological polar surface area (TPSA) is 57.8 Å². The average Bonchev–Trinajstić information content (AvgIpc) is 2.39. The van der Waals surface area contributed by atoms with E-state index in [0.29, 0.717) is 12.2 Å². The summed E-state index contributed by atoms with van der Waals surface area (Å²) in [6, 6.07) is 9.67. The van der Waals surface area contributed by atoms with Gasteiger partial charge in [-0.05, 0) is 26.9 Å². The monoisotopic (exact) mass is 243 g/mol.